The fraction of sp³-hybridized carbons (Fsp3) is 0.235. The molecular formula is C34H33NO7. The largest absolute Gasteiger partial charge is 0.497 e. The van der Waals surface area contributed by atoms with E-state index in [1.54, 1.807) is 49.6 Å². The van der Waals surface area contributed by atoms with E-state index in [-0.39, 0.29) is 24.1 Å². The van der Waals surface area contributed by atoms with Gasteiger partial charge in [0.25, 0.3) is 0 Å². The van der Waals surface area contributed by atoms with Gasteiger partial charge in [-0.25, -0.2) is 4.79 Å². The quantitative estimate of drug-likeness (QED) is 0.205. The molecule has 0 bridgehead atoms. The van der Waals surface area contributed by atoms with E-state index in [0.29, 0.717) is 35.7 Å². The number of benzene rings is 4. The maximum atomic E-state index is 13.0. The van der Waals surface area contributed by atoms with Crippen LogP contribution in [0.4, 0.5) is 0 Å². The lowest BCUT2D eigenvalue weighted by molar-refractivity contribution is 0.0696. The number of aliphatic hydroxyl groups is 1. The molecule has 0 saturated carbocycles. The predicted octanol–water partition coefficient (Wildman–Crippen LogP) is 5.01. The Morgan fingerprint density at radius 3 is 2.45 bits per heavy atom. The maximum Gasteiger partial charge on any atom is 0.335 e. The number of ether oxygens (including phenoxy) is 3. The van der Waals surface area contributed by atoms with Crippen LogP contribution in [-0.2, 0) is 6.42 Å². The third-order valence-corrected chi connectivity index (χ3v) is 7.21. The van der Waals surface area contributed by atoms with Gasteiger partial charge in [0.2, 0.25) is 0 Å². The number of aromatic carboxylic acids is 1. The zero-order valence-electron chi connectivity index (χ0n) is 23.3. The molecule has 4 aromatic carbocycles. The number of aryl methyl sites for hydroxylation is 1. The van der Waals surface area contributed by atoms with Crippen LogP contribution < -0.4 is 19.5 Å². The van der Waals surface area contributed by atoms with Crippen LogP contribution in [0.3, 0.4) is 0 Å². The topological polar surface area (TPSA) is 114 Å². The van der Waals surface area contributed by atoms with Gasteiger partial charge in [0, 0.05) is 24.7 Å². The average Bonchev–Trinajstić information content (AvgIpc) is 3.03. The maximum absolute atomic E-state index is 13.0. The minimum Gasteiger partial charge on any atom is -0.497 e. The van der Waals surface area contributed by atoms with Gasteiger partial charge >= 0.3 is 5.97 Å². The van der Waals surface area contributed by atoms with Crippen LogP contribution in [0, 0.1) is 0 Å². The molecule has 0 aliphatic carbocycles. The molecule has 0 radical (unpaired) electrons. The number of carboxylic acids is 1. The van der Waals surface area contributed by atoms with E-state index in [9.17, 15) is 14.7 Å². The Bertz CT molecular complexity index is 1540. The van der Waals surface area contributed by atoms with Gasteiger partial charge in [-0.15, -0.1) is 0 Å². The van der Waals surface area contributed by atoms with Gasteiger partial charge in [0.1, 0.15) is 36.1 Å². The summed E-state index contributed by atoms with van der Waals surface area (Å²) in [5.41, 5.74) is 4.28. The molecule has 3 N–H and O–H groups in total. The molecule has 2 unspecified atom stereocenters. The van der Waals surface area contributed by atoms with Crippen molar-refractivity contribution in [2.45, 2.75) is 25.0 Å². The first-order chi connectivity index (χ1) is 20.4. The summed E-state index contributed by atoms with van der Waals surface area (Å²) >= 11 is 0. The van der Waals surface area contributed by atoms with E-state index in [2.05, 4.69) is 11.4 Å². The highest BCUT2D eigenvalue weighted by molar-refractivity contribution is 6.10. The number of hydrogen-bond acceptors (Lipinski definition) is 7. The smallest absolute Gasteiger partial charge is 0.335 e. The van der Waals surface area contributed by atoms with E-state index in [0.717, 1.165) is 35.3 Å². The second kappa shape index (κ2) is 13.3. The fourth-order valence-corrected chi connectivity index (χ4v) is 4.91. The van der Waals surface area contributed by atoms with Gasteiger partial charge in [0.15, 0.2) is 5.78 Å². The Balaban J connectivity index is 1.12. The molecule has 1 aliphatic heterocycles. The Kier molecular flexibility index (Phi) is 9.16. The summed E-state index contributed by atoms with van der Waals surface area (Å²) < 4.78 is 17.4. The zero-order valence-corrected chi connectivity index (χ0v) is 23.3. The van der Waals surface area contributed by atoms with Gasteiger partial charge in [-0.3, -0.25) is 4.79 Å². The molecule has 0 aromatic heterocycles. The number of ketones is 1. The average molecular weight is 568 g/mol. The van der Waals surface area contributed by atoms with E-state index in [1.165, 1.54) is 0 Å². The molecule has 216 valence electrons. The second-order valence-electron chi connectivity index (χ2n) is 10.2. The van der Waals surface area contributed by atoms with Crippen LogP contribution >= 0.6 is 0 Å². The highest BCUT2D eigenvalue weighted by Gasteiger charge is 2.21. The van der Waals surface area contributed by atoms with Crippen molar-refractivity contribution < 1.29 is 34.0 Å². The Hall–Kier alpha value is -4.66. The van der Waals surface area contributed by atoms with E-state index in [4.69, 9.17) is 19.3 Å². The predicted molar refractivity (Wildman–Crippen MR) is 159 cm³/mol. The number of carboxylic acid groups (broad SMARTS) is 1. The summed E-state index contributed by atoms with van der Waals surface area (Å²) in [5.74, 6) is 0.628. The zero-order chi connectivity index (χ0) is 29.5. The van der Waals surface area contributed by atoms with Gasteiger partial charge in [-0.2, -0.15) is 0 Å². The number of aliphatic hydroxyl groups excluding tert-OH is 1. The highest BCUT2D eigenvalue weighted by Crippen LogP contribution is 2.32. The third kappa shape index (κ3) is 6.97. The van der Waals surface area contributed by atoms with Gasteiger partial charge < -0.3 is 29.7 Å². The summed E-state index contributed by atoms with van der Waals surface area (Å²) in [6.45, 7) is 0.857. The van der Waals surface area contributed by atoms with Crippen molar-refractivity contribution in [2.75, 3.05) is 26.8 Å². The van der Waals surface area contributed by atoms with Crippen molar-refractivity contribution in [3.8, 4) is 28.4 Å². The lowest BCUT2D eigenvalue weighted by Crippen LogP contribution is -2.39. The molecule has 0 fully saturated rings. The minimum atomic E-state index is -0.943. The molecular weight excluding hydrogens is 534 g/mol. The number of carbonyl (C=O) groups excluding carboxylic acids is 1. The van der Waals surface area contributed by atoms with Crippen LogP contribution in [0.25, 0.3) is 11.1 Å². The Morgan fingerprint density at radius 2 is 1.71 bits per heavy atom. The molecule has 0 saturated heterocycles. The fourth-order valence-electron chi connectivity index (χ4n) is 4.91. The van der Waals surface area contributed by atoms with Crippen LogP contribution in [-0.4, -0.2) is 61.0 Å². The summed E-state index contributed by atoms with van der Waals surface area (Å²) in [4.78, 5) is 24.2. The molecule has 8 nitrogen and oxygen atoms in total. The molecule has 1 heterocycles. The number of hydrogen-bond donors (Lipinski definition) is 3. The standard InChI is InChI=1S/C34H33NO7/c1-40-28-14-15-30(33(37)23-5-3-2-4-6-23)32(18-28)41-21-27(36)19-35-20-29-13-11-26-17-25(12-16-31(26)42-29)22-7-9-24(10-8-22)34(38)39/h2-10,12,14-18,27,29,35-36H,11,13,19-21H2,1H3,(H,38,39). The first kappa shape index (κ1) is 28.9. The number of fused-ring (bicyclic) bond motifs is 1. The van der Waals surface area contributed by atoms with Crippen molar-refractivity contribution in [3.05, 3.63) is 113 Å². The first-order valence-corrected chi connectivity index (χ1v) is 13.8. The Morgan fingerprint density at radius 1 is 0.952 bits per heavy atom. The van der Waals surface area contributed by atoms with Gasteiger partial charge in [-0.05, 0) is 65.9 Å². The molecule has 4 aromatic rings. The van der Waals surface area contributed by atoms with Crippen molar-refractivity contribution >= 4 is 11.8 Å². The number of nitrogens with one attached hydrogen (secondary N) is 1. The first-order valence-electron chi connectivity index (χ1n) is 13.8. The van der Waals surface area contributed by atoms with Crippen molar-refractivity contribution in [1.82, 2.24) is 5.32 Å². The normalized spacial score (nSPS) is 14.8. The summed E-state index contributed by atoms with van der Waals surface area (Å²) in [5, 5.41) is 23.0. The van der Waals surface area contributed by atoms with E-state index < -0.39 is 12.1 Å². The van der Waals surface area contributed by atoms with E-state index in [1.807, 2.05) is 42.5 Å². The third-order valence-electron chi connectivity index (χ3n) is 7.21. The minimum absolute atomic E-state index is 0.000183. The lowest BCUT2D eigenvalue weighted by atomic mass is 9.96. The van der Waals surface area contributed by atoms with Gasteiger partial charge in [-0.1, -0.05) is 48.5 Å². The van der Waals surface area contributed by atoms with Crippen LogP contribution in [0.15, 0.2) is 91.0 Å². The number of rotatable bonds is 12. The monoisotopic (exact) mass is 567 g/mol. The molecule has 42 heavy (non-hydrogen) atoms. The molecule has 0 spiro atoms. The van der Waals surface area contributed by atoms with Crippen molar-refractivity contribution in [2.24, 2.45) is 0 Å². The van der Waals surface area contributed by atoms with Crippen molar-refractivity contribution in [1.29, 1.82) is 0 Å². The molecule has 0 amide bonds. The molecule has 2 atom stereocenters. The molecule has 5 rings (SSSR count). The van der Waals surface area contributed by atoms with Crippen LogP contribution in [0.5, 0.6) is 17.2 Å². The summed E-state index contributed by atoms with van der Waals surface area (Å²) in [7, 11) is 1.54. The SMILES string of the molecule is COc1ccc(C(=O)c2ccccc2)c(OCC(O)CNCC2CCc3cc(-c4ccc(C(=O)O)cc4)ccc3O2)c1. The van der Waals surface area contributed by atoms with E-state index >= 15 is 0 Å². The van der Waals surface area contributed by atoms with Crippen LogP contribution in [0.2, 0.25) is 0 Å². The van der Waals surface area contributed by atoms with Crippen LogP contribution in [0.1, 0.15) is 38.3 Å². The highest BCUT2D eigenvalue weighted by atomic mass is 16.5. The molecule has 8 heteroatoms. The summed E-state index contributed by atoms with van der Waals surface area (Å²) in [6, 6.07) is 26.9. The second-order valence-corrected chi connectivity index (χ2v) is 10.2. The Labute approximate surface area is 244 Å². The summed E-state index contributed by atoms with van der Waals surface area (Å²) in [6.07, 6.45) is 0.826. The molecule has 1 aliphatic rings. The lowest BCUT2D eigenvalue weighted by Gasteiger charge is -2.27. The number of carbonyl (C=O) groups is 2. The number of methoxy groups -OCH3 is 1. The van der Waals surface area contributed by atoms with Gasteiger partial charge in [0.05, 0.1) is 18.2 Å². The van der Waals surface area contributed by atoms with Crippen molar-refractivity contribution in [3.63, 3.8) is 0 Å².